The first-order chi connectivity index (χ1) is 15.2. The number of nitrogens with one attached hydrogen (secondary N) is 1. The highest BCUT2D eigenvalue weighted by Crippen LogP contribution is 2.25. The van der Waals surface area contributed by atoms with Crippen LogP contribution in [0.15, 0.2) is 76.7 Å². The van der Waals surface area contributed by atoms with Crippen molar-refractivity contribution in [3.8, 4) is 5.75 Å². The van der Waals surface area contributed by atoms with Gasteiger partial charge in [0.1, 0.15) is 16.1 Å². The molecule has 2 aromatic carbocycles. The molecule has 0 saturated heterocycles. The van der Waals surface area contributed by atoms with Crippen LogP contribution < -0.4 is 14.9 Å². The van der Waals surface area contributed by atoms with Crippen molar-refractivity contribution >= 4 is 15.9 Å². The third-order valence-corrected chi connectivity index (χ3v) is 6.38. The standard InChI is InChI=1S/C24H27N3O4S/c1-17(2)26-32(29,30)22-15-20(12-13-21(22)31-4)24(28)25-23-7-5-6-14-27(23)16-19-10-8-18(3)9-11-19/h5-15,17,26H,16H2,1-4H3. The lowest BCUT2D eigenvalue weighted by Crippen LogP contribution is -2.30. The molecule has 0 saturated carbocycles. The first kappa shape index (κ1) is 23.4. The Balaban J connectivity index is 1.98. The van der Waals surface area contributed by atoms with Gasteiger partial charge in [-0.05, 0) is 56.7 Å². The first-order valence-electron chi connectivity index (χ1n) is 10.2. The molecule has 0 unspecified atom stereocenters. The Bertz CT molecular complexity index is 1280. The predicted octanol–water partition coefficient (Wildman–Crippen LogP) is 3.28. The molecule has 1 N–H and O–H groups in total. The van der Waals surface area contributed by atoms with E-state index in [1.54, 1.807) is 26.0 Å². The second-order valence-corrected chi connectivity index (χ2v) is 9.41. The van der Waals surface area contributed by atoms with Gasteiger partial charge in [-0.2, -0.15) is 4.99 Å². The Morgan fingerprint density at radius 1 is 1.09 bits per heavy atom. The van der Waals surface area contributed by atoms with Crippen LogP contribution in [0, 0.1) is 6.92 Å². The van der Waals surface area contributed by atoms with Gasteiger partial charge in [-0.3, -0.25) is 4.79 Å². The number of rotatable bonds is 7. The van der Waals surface area contributed by atoms with Crippen LogP contribution in [-0.4, -0.2) is 32.0 Å². The van der Waals surface area contributed by atoms with Crippen LogP contribution in [0.1, 0.15) is 35.3 Å². The van der Waals surface area contributed by atoms with Crippen molar-refractivity contribution in [2.75, 3.05) is 7.11 Å². The van der Waals surface area contributed by atoms with E-state index in [0.717, 1.165) is 5.56 Å². The number of ether oxygens (including phenoxy) is 1. The van der Waals surface area contributed by atoms with Crippen LogP contribution >= 0.6 is 0 Å². The smallest absolute Gasteiger partial charge is 0.278 e. The number of methoxy groups -OCH3 is 1. The van der Waals surface area contributed by atoms with E-state index < -0.39 is 15.9 Å². The predicted molar refractivity (Wildman–Crippen MR) is 123 cm³/mol. The number of benzene rings is 2. The molecule has 0 fully saturated rings. The van der Waals surface area contributed by atoms with E-state index in [1.165, 1.54) is 30.9 Å². The maximum absolute atomic E-state index is 12.9. The molecule has 0 aliphatic heterocycles. The number of hydrogen-bond acceptors (Lipinski definition) is 4. The third kappa shape index (κ3) is 5.72. The summed E-state index contributed by atoms with van der Waals surface area (Å²) < 4.78 is 35.0. The van der Waals surface area contributed by atoms with Crippen LogP contribution in [0.2, 0.25) is 0 Å². The van der Waals surface area contributed by atoms with Crippen molar-refractivity contribution in [1.29, 1.82) is 0 Å². The molecule has 3 aromatic rings. The summed E-state index contributed by atoms with van der Waals surface area (Å²) in [6, 6.07) is 17.5. The van der Waals surface area contributed by atoms with E-state index in [9.17, 15) is 13.2 Å². The third-order valence-electron chi connectivity index (χ3n) is 4.70. The van der Waals surface area contributed by atoms with Crippen molar-refractivity contribution in [1.82, 2.24) is 9.29 Å². The van der Waals surface area contributed by atoms with E-state index in [1.807, 2.05) is 48.0 Å². The number of pyridine rings is 1. The Hall–Kier alpha value is -3.23. The lowest BCUT2D eigenvalue weighted by Gasteiger charge is -2.13. The van der Waals surface area contributed by atoms with Gasteiger partial charge < -0.3 is 9.30 Å². The maximum Gasteiger partial charge on any atom is 0.278 e. The molecule has 0 radical (unpaired) electrons. The van der Waals surface area contributed by atoms with Crippen molar-refractivity contribution in [3.05, 3.63) is 89.0 Å². The normalized spacial score (nSPS) is 12.2. The average Bonchev–Trinajstić information content (AvgIpc) is 2.75. The second-order valence-electron chi connectivity index (χ2n) is 7.73. The van der Waals surface area contributed by atoms with Gasteiger partial charge in [-0.1, -0.05) is 35.9 Å². The summed E-state index contributed by atoms with van der Waals surface area (Å²) in [5.74, 6) is -0.388. The Morgan fingerprint density at radius 3 is 2.47 bits per heavy atom. The Morgan fingerprint density at radius 2 is 1.81 bits per heavy atom. The summed E-state index contributed by atoms with van der Waals surface area (Å²) in [6.07, 6.45) is 1.85. The van der Waals surface area contributed by atoms with Crippen molar-refractivity contribution < 1.29 is 17.9 Å². The number of nitrogens with zero attached hydrogens (tertiary/aromatic N) is 2. The zero-order valence-corrected chi connectivity index (χ0v) is 19.4. The number of carbonyl (C=O) groups excluding carboxylic acids is 1. The number of aromatic nitrogens is 1. The summed E-state index contributed by atoms with van der Waals surface area (Å²) in [5, 5.41) is 0. The maximum atomic E-state index is 12.9. The first-order valence-corrected chi connectivity index (χ1v) is 11.7. The zero-order valence-electron chi connectivity index (χ0n) is 18.6. The fourth-order valence-corrected chi connectivity index (χ4v) is 4.60. The lowest BCUT2D eigenvalue weighted by atomic mass is 10.1. The minimum atomic E-state index is -3.86. The topological polar surface area (TPSA) is 89.8 Å². The summed E-state index contributed by atoms with van der Waals surface area (Å²) in [5.41, 5.74) is 2.87. The van der Waals surface area contributed by atoms with Gasteiger partial charge in [-0.15, -0.1) is 0 Å². The molecule has 8 heteroatoms. The molecule has 1 aromatic heterocycles. The fourth-order valence-electron chi connectivity index (χ4n) is 3.15. The van der Waals surface area contributed by atoms with Gasteiger partial charge in [0.15, 0.2) is 0 Å². The molecule has 1 amide bonds. The molecular weight excluding hydrogens is 426 g/mol. The Labute approximate surface area is 188 Å². The number of aryl methyl sites for hydroxylation is 1. The van der Waals surface area contributed by atoms with Crippen LogP contribution in [0.25, 0.3) is 0 Å². The molecule has 0 aliphatic carbocycles. The molecule has 3 rings (SSSR count). The minimum Gasteiger partial charge on any atom is -0.495 e. The van der Waals surface area contributed by atoms with Crippen LogP contribution in [0.3, 0.4) is 0 Å². The highest BCUT2D eigenvalue weighted by atomic mass is 32.2. The van der Waals surface area contributed by atoms with Crippen LogP contribution in [-0.2, 0) is 16.6 Å². The van der Waals surface area contributed by atoms with Gasteiger partial charge >= 0.3 is 0 Å². The molecule has 0 atom stereocenters. The molecule has 1 heterocycles. The molecule has 7 nitrogen and oxygen atoms in total. The van der Waals surface area contributed by atoms with E-state index in [0.29, 0.717) is 12.0 Å². The Kier molecular flexibility index (Phi) is 7.27. The highest BCUT2D eigenvalue weighted by molar-refractivity contribution is 7.89. The van der Waals surface area contributed by atoms with Gasteiger partial charge in [0.25, 0.3) is 5.91 Å². The quantitative estimate of drug-likeness (QED) is 0.595. The van der Waals surface area contributed by atoms with Gasteiger partial charge in [-0.25, -0.2) is 13.1 Å². The van der Waals surface area contributed by atoms with Crippen LogP contribution in [0.4, 0.5) is 0 Å². The van der Waals surface area contributed by atoms with E-state index in [-0.39, 0.29) is 22.3 Å². The van der Waals surface area contributed by atoms with E-state index in [4.69, 9.17) is 4.74 Å². The highest BCUT2D eigenvalue weighted by Gasteiger charge is 2.22. The number of carbonyl (C=O) groups is 1. The fraction of sp³-hybridized carbons (Fsp3) is 0.250. The summed E-state index contributed by atoms with van der Waals surface area (Å²) in [6.45, 7) is 6.01. The molecule has 32 heavy (non-hydrogen) atoms. The van der Waals surface area contributed by atoms with Gasteiger partial charge in [0.05, 0.1) is 7.11 Å². The second kappa shape index (κ2) is 9.93. The van der Waals surface area contributed by atoms with Crippen molar-refractivity contribution in [2.24, 2.45) is 4.99 Å². The van der Waals surface area contributed by atoms with Crippen molar-refractivity contribution in [3.63, 3.8) is 0 Å². The molecule has 168 valence electrons. The molecular formula is C24H27N3O4S. The lowest BCUT2D eigenvalue weighted by molar-refractivity contribution is 0.0997. The number of hydrogen-bond donors (Lipinski definition) is 1. The van der Waals surface area contributed by atoms with Gasteiger partial charge in [0.2, 0.25) is 10.0 Å². The SMILES string of the molecule is COc1ccc(C(=O)N=c2ccccn2Cc2ccc(C)cc2)cc1S(=O)(=O)NC(C)C. The van der Waals surface area contributed by atoms with Crippen LogP contribution in [0.5, 0.6) is 5.75 Å². The molecule has 0 aliphatic rings. The zero-order chi connectivity index (χ0) is 23.3. The minimum absolute atomic E-state index is 0.102. The number of amides is 1. The molecule has 0 spiro atoms. The average molecular weight is 454 g/mol. The summed E-state index contributed by atoms with van der Waals surface area (Å²) in [4.78, 5) is 17.1. The van der Waals surface area contributed by atoms with E-state index >= 15 is 0 Å². The largest absolute Gasteiger partial charge is 0.495 e. The molecule has 0 bridgehead atoms. The summed E-state index contributed by atoms with van der Waals surface area (Å²) in [7, 11) is -2.48. The van der Waals surface area contributed by atoms with Crippen molar-refractivity contribution in [2.45, 2.75) is 38.3 Å². The monoisotopic (exact) mass is 453 g/mol. The van der Waals surface area contributed by atoms with Gasteiger partial charge in [0, 0.05) is 24.3 Å². The van der Waals surface area contributed by atoms with E-state index in [2.05, 4.69) is 9.71 Å². The summed E-state index contributed by atoms with van der Waals surface area (Å²) >= 11 is 0. The number of sulfonamides is 1.